The van der Waals surface area contributed by atoms with Gasteiger partial charge in [0.25, 0.3) is 0 Å². The van der Waals surface area contributed by atoms with Crippen LogP contribution in [-0.2, 0) is 6.18 Å². The fraction of sp³-hybridized carbons (Fsp3) is 0.125. The summed E-state index contributed by atoms with van der Waals surface area (Å²) in [7, 11) is 0. The molecule has 0 aromatic heterocycles. The third-order valence-corrected chi connectivity index (χ3v) is 2.33. The lowest BCUT2D eigenvalue weighted by Crippen LogP contribution is -2.11. The van der Waals surface area contributed by atoms with Gasteiger partial charge < -0.3 is 10.8 Å². The number of alkyl halides is 3. The van der Waals surface area contributed by atoms with E-state index in [0.29, 0.717) is 6.07 Å². The number of carboxylic acid groups (broad SMARTS) is 1. The minimum Gasteiger partial charge on any atom is -0.478 e. The maximum absolute atomic E-state index is 12.3. The average molecular weight is 284 g/mol. The highest BCUT2D eigenvalue weighted by Gasteiger charge is 2.34. The molecular formula is C8H5BrF3NO2. The number of anilines is 1. The van der Waals surface area contributed by atoms with Crippen molar-refractivity contribution < 1.29 is 23.1 Å². The molecule has 0 spiro atoms. The quantitative estimate of drug-likeness (QED) is 0.779. The fourth-order valence-electron chi connectivity index (χ4n) is 0.998. The van der Waals surface area contributed by atoms with Gasteiger partial charge in [0.2, 0.25) is 0 Å². The van der Waals surface area contributed by atoms with E-state index >= 15 is 0 Å². The molecule has 0 bridgehead atoms. The Balaban J connectivity index is 3.43. The molecule has 3 nitrogen and oxygen atoms in total. The van der Waals surface area contributed by atoms with Crippen molar-refractivity contribution in [3.63, 3.8) is 0 Å². The van der Waals surface area contributed by atoms with E-state index in [-0.39, 0.29) is 4.47 Å². The SMILES string of the molecule is Nc1cc(Br)c(C(=O)O)cc1C(F)(F)F. The van der Waals surface area contributed by atoms with Crippen LogP contribution >= 0.6 is 15.9 Å². The molecule has 1 rings (SSSR count). The summed E-state index contributed by atoms with van der Waals surface area (Å²) in [4.78, 5) is 10.6. The van der Waals surface area contributed by atoms with Gasteiger partial charge in [-0.2, -0.15) is 13.2 Å². The monoisotopic (exact) mass is 283 g/mol. The summed E-state index contributed by atoms with van der Waals surface area (Å²) in [5.74, 6) is -1.45. The first-order valence-corrected chi connectivity index (χ1v) is 4.42. The smallest absolute Gasteiger partial charge is 0.418 e. The van der Waals surface area contributed by atoms with Crippen LogP contribution in [0.3, 0.4) is 0 Å². The predicted molar refractivity (Wildman–Crippen MR) is 50.5 cm³/mol. The van der Waals surface area contributed by atoms with Crippen LogP contribution in [0.1, 0.15) is 15.9 Å². The zero-order valence-corrected chi connectivity index (χ0v) is 8.69. The van der Waals surface area contributed by atoms with Crippen LogP contribution in [0.25, 0.3) is 0 Å². The maximum atomic E-state index is 12.3. The minimum atomic E-state index is -4.66. The molecule has 0 heterocycles. The molecule has 0 atom stereocenters. The molecule has 0 saturated carbocycles. The number of hydrogen-bond acceptors (Lipinski definition) is 2. The van der Waals surface area contributed by atoms with Gasteiger partial charge in [-0.05, 0) is 28.1 Å². The Morgan fingerprint density at radius 3 is 2.33 bits per heavy atom. The van der Waals surface area contributed by atoms with Crippen molar-refractivity contribution in [2.75, 3.05) is 5.73 Å². The zero-order valence-electron chi connectivity index (χ0n) is 7.10. The third kappa shape index (κ3) is 2.41. The second-order valence-electron chi connectivity index (χ2n) is 2.72. The molecule has 0 saturated heterocycles. The minimum absolute atomic E-state index is 0.0144. The molecule has 1 aromatic carbocycles. The number of carboxylic acids is 1. The van der Waals surface area contributed by atoms with Gasteiger partial charge in [-0.3, -0.25) is 0 Å². The van der Waals surface area contributed by atoms with Crippen LogP contribution in [0.15, 0.2) is 16.6 Å². The molecule has 0 aliphatic heterocycles. The summed E-state index contributed by atoms with van der Waals surface area (Å²) in [6.45, 7) is 0. The van der Waals surface area contributed by atoms with E-state index in [1.165, 1.54) is 0 Å². The van der Waals surface area contributed by atoms with E-state index in [9.17, 15) is 18.0 Å². The van der Waals surface area contributed by atoms with Gasteiger partial charge in [0.1, 0.15) is 0 Å². The van der Waals surface area contributed by atoms with E-state index in [4.69, 9.17) is 10.8 Å². The number of halogens is 4. The highest BCUT2D eigenvalue weighted by atomic mass is 79.9. The molecule has 0 amide bonds. The lowest BCUT2D eigenvalue weighted by molar-refractivity contribution is -0.136. The van der Waals surface area contributed by atoms with Crippen molar-refractivity contribution in [1.29, 1.82) is 0 Å². The summed E-state index contributed by atoms with van der Waals surface area (Å²) in [6.07, 6.45) is -4.66. The third-order valence-electron chi connectivity index (χ3n) is 1.68. The van der Waals surface area contributed by atoms with E-state index in [1.807, 2.05) is 0 Å². The van der Waals surface area contributed by atoms with Crippen molar-refractivity contribution in [2.45, 2.75) is 6.18 Å². The van der Waals surface area contributed by atoms with Gasteiger partial charge in [-0.1, -0.05) is 0 Å². The van der Waals surface area contributed by atoms with Crippen molar-refractivity contribution in [1.82, 2.24) is 0 Å². The average Bonchev–Trinajstić information content (AvgIpc) is 2.00. The molecule has 0 unspecified atom stereocenters. The van der Waals surface area contributed by atoms with Crippen molar-refractivity contribution in [3.8, 4) is 0 Å². The summed E-state index contributed by atoms with van der Waals surface area (Å²) in [6, 6.07) is 1.42. The van der Waals surface area contributed by atoms with Gasteiger partial charge in [-0.15, -0.1) is 0 Å². The molecule has 0 aliphatic rings. The Kier molecular flexibility index (Phi) is 2.94. The number of hydrogen-bond donors (Lipinski definition) is 2. The standard InChI is InChI=1S/C8H5BrF3NO2/c9-5-2-6(13)4(8(10,11)12)1-3(5)7(14)15/h1-2H,13H2,(H,14,15). The second-order valence-corrected chi connectivity index (χ2v) is 3.58. The molecule has 1 aromatic rings. The molecule has 7 heteroatoms. The number of nitrogen functional groups attached to an aromatic ring is 1. The highest BCUT2D eigenvalue weighted by molar-refractivity contribution is 9.10. The summed E-state index contributed by atoms with van der Waals surface area (Å²) in [5, 5.41) is 8.61. The fourth-order valence-corrected chi connectivity index (χ4v) is 1.53. The first kappa shape index (κ1) is 11.8. The molecule has 0 aliphatic carbocycles. The molecule has 82 valence electrons. The van der Waals surface area contributed by atoms with Crippen molar-refractivity contribution in [2.24, 2.45) is 0 Å². The Morgan fingerprint density at radius 2 is 1.93 bits per heavy atom. The van der Waals surface area contributed by atoms with Gasteiger partial charge in [0.15, 0.2) is 0 Å². The topological polar surface area (TPSA) is 63.3 Å². The van der Waals surface area contributed by atoms with Gasteiger partial charge in [0.05, 0.1) is 11.1 Å². The first-order chi connectivity index (χ1) is 6.73. The largest absolute Gasteiger partial charge is 0.478 e. The van der Waals surface area contributed by atoms with Crippen LogP contribution in [0.5, 0.6) is 0 Å². The van der Waals surface area contributed by atoms with Gasteiger partial charge in [0, 0.05) is 10.2 Å². The number of nitrogens with two attached hydrogens (primary N) is 1. The summed E-state index contributed by atoms with van der Waals surface area (Å²) >= 11 is 2.82. The normalized spacial score (nSPS) is 11.5. The molecule has 15 heavy (non-hydrogen) atoms. The predicted octanol–water partition coefficient (Wildman–Crippen LogP) is 2.75. The van der Waals surface area contributed by atoms with Crippen molar-refractivity contribution >= 4 is 27.6 Å². The number of benzene rings is 1. The zero-order chi connectivity index (χ0) is 11.8. The van der Waals surface area contributed by atoms with Gasteiger partial charge in [-0.25, -0.2) is 4.79 Å². The van der Waals surface area contributed by atoms with Gasteiger partial charge >= 0.3 is 12.1 Å². The van der Waals surface area contributed by atoms with Crippen LogP contribution < -0.4 is 5.73 Å². The molecular weight excluding hydrogens is 279 g/mol. The molecule has 0 radical (unpaired) electrons. The Bertz CT molecular complexity index is 417. The van der Waals surface area contributed by atoms with E-state index in [2.05, 4.69) is 15.9 Å². The number of carbonyl (C=O) groups is 1. The Hall–Kier alpha value is -1.24. The van der Waals surface area contributed by atoms with E-state index in [1.54, 1.807) is 0 Å². The first-order valence-electron chi connectivity index (χ1n) is 3.63. The van der Waals surface area contributed by atoms with Crippen molar-refractivity contribution in [3.05, 3.63) is 27.7 Å². The summed E-state index contributed by atoms with van der Waals surface area (Å²) < 4.78 is 37.0. The Labute approximate surface area is 90.8 Å². The molecule has 0 fully saturated rings. The highest BCUT2D eigenvalue weighted by Crippen LogP contribution is 2.36. The number of aromatic carboxylic acids is 1. The maximum Gasteiger partial charge on any atom is 0.418 e. The van der Waals surface area contributed by atoms with E-state index in [0.717, 1.165) is 6.07 Å². The lowest BCUT2D eigenvalue weighted by Gasteiger charge is -2.11. The number of rotatable bonds is 1. The lowest BCUT2D eigenvalue weighted by atomic mass is 10.1. The Morgan fingerprint density at radius 1 is 1.40 bits per heavy atom. The van der Waals surface area contributed by atoms with Crippen LogP contribution in [0, 0.1) is 0 Å². The summed E-state index contributed by atoms with van der Waals surface area (Å²) in [5.41, 5.74) is 2.99. The second kappa shape index (κ2) is 3.73. The van der Waals surface area contributed by atoms with Crippen LogP contribution in [0.4, 0.5) is 18.9 Å². The molecule has 3 N–H and O–H groups in total. The van der Waals surface area contributed by atoms with Crippen LogP contribution in [0.2, 0.25) is 0 Å². The van der Waals surface area contributed by atoms with Crippen LogP contribution in [-0.4, -0.2) is 11.1 Å². The van der Waals surface area contributed by atoms with E-state index < -0.39 is 29.0 Å².